The molecule has 1 saturated heterocycles. The number of carbonyl (C=O) groups excluding carboxylic acids is 1. The molecule has 5 aromatic carbocycles. The monoisotopic (exact) mass is 707 g/mol. The van der Waals surface area contributed by atoms with Gasteiger partial charge in [0.2, 0.25) is 0 Å². The molecule has 8 rings (SSSR count). The molecule has 270 valence electrons. The molecule has 2 unspecified atom stereocenters. The lowest BCUT2D eigenvalue weighted by Crippen LogP contribution is -2.64. The Kier molecular flexibility index (Phi) is 9.75. The third-order valence-corrected chi connectivity index (χ3v) is 11.4. The molecule has 0 aromatic heterocycles. The highest BCUT2D eigenvalue weighted by molar-refractivity contribution is 5.79. The summed E-state index contributed by atoms with van der Waals surface area (Å²) >= 11 is 0. The van der Waals surface area contributed by atoms with Gasteiger partial charge in [0.15, 0.2) is 0 Å². The number of aliphatic hydroxyl groups excluding tert-OH is 1. The molecule has 2 aliphatic carbocycles. The van der Waals surface area contributed by atoms with Crippen LogP contribution < -0.4 is 0 Å². The molecule has 7 nitrogen and oxygen atoms in total. The van der Waals surface area contributed by atoms with Crippen LogP contribution in [0.25, 0.3) is 11.1 Å². The average molecular weight is 708 g/mol. The number of methoxy groups -OCH3 is 2. The number of nitrogens with zero attached hydrogens (tertiary/aromatic N) is 1. The highest BCUT2D eigenvalue weighted by Gasteiger charge is 2.56. The van der Waals surface area contributed by atoms with Crippen molar-refractivity contribution < 1.29 is 28.8 Å². The lowest BCUT2D eigenvalue weighted by molar-refractivity contribution is -0.410. The summed E-state index contributed by atoms with van der Waals surface area (Å²) in [4.78, 5) is 16.3. The summed E-state index contributed by atoms with van der Waals surface area (Å²) in [7, 11) is 3.14. The Labute approximate surface area is 311 Å². The van der Waals surface area contributed by atoms with Gasteiger partial charge < -0.3 is 24.1 Å². The van der Waals surface area contributed by atoms with Gasteiger partial charge in [0.05, 0.1) is 6.10 Å². The van der Waals surface area contributed by atoms with Gasteiger partial charge in [-0.15, -0.1) is 0 Å². The highest BCUT2D eigenvalue weighted by atomic mass is 16.9. The largest absolute Gasteiger partial charge is 0.448 e. The number of amides is 1. The molecule has 5 aromatic rings. The molecule has 0 radical (unpaired) electrons. The van der Waals surface area contributed by atoms with Crippen LogP contribution >= 0.6 is 0 Å². The van der Waals surface area contributed by atoms with Gasteiger partial charge in [-0.2, -0.15) is 0 Å². The lowest BCUT2D eigenvalue weighted by atomic mass is 9.77. The Morgan fingerprint density at radius 3 is 1.70 bits per heavy atom. The number of fused-ring (bicyclic) bond motifs is 4. The van der Waals surface area contributed by atoms with E-state index in [0.29, 0.717) is 12.8 Å². The van der Waals surface area contributed by atoms with Crippen LogP contribution in [0.1, 0.15) is 53.0 Å². The summed E-state index contributed by atoms with van der Waals surface area (Å²) in [6.45, 7) is 0.410. The molecular formula is C46H45NO6. The van der Waals surface area contributed by atoms with Crippen LogP contribution in [0.15, 0.2) is 151 Å². The zero-order valence-electron chi connectivity index (χ0n) is 30.1. The third-order valence-electron chi connectivity index (χ3n) is 11.4. The standard InChI is InChI=1S/C46H45NO6/c1-50-46(51-2,53-45(34-16-6-3-7-17-34,35-18-8-4-9-19-35)36-20-10-5-11-21-36)43-29-32-26-27-37(48)28-33(32)30-47(43)44(49)52-31-42-40-24-14-12-22-38(40)39-23-13-15-25-41(39)42/h3-25,28,32,37,42-43,48H,26-27,29-31H2,1-2H3/t32?,37-,43?/m0/s1. The van der Waals surface area contributed by atoms with Gasteiger partial charge in [-0.05, 0) is 69.7 Å². The summed E-state index contributed by atoms with van der Waals surface area (Å²) < 4.78 is 26.7. The molecule has 7 heteroatoms. The number of ether oxygens (including phenoxy) is 4. The van der Waals surface area contributed by atoms with Gasteiger partial charge in [-0.25, -0.2) is 4.79 Å². The molecule has 0 bridgehead atoms. The first kappa shape index (κ1) is 35.0. The number of rotatable bonds is 10. The van der Waals surface area contributed by atoms with Gasteiger partial charge in [0.1, 0.15) is 18.2 Å². The van der Waals surface area contributed by atoms with Gasteiger partial charge in [-0.1, -0.05) is 146 Å². The topological polar surface area (TPSA) is 77.5 Å². The molecule has 3 atom stereocenters. The average Bonchev–Trinajstić information content (AvgIpc) is 3.54. The van der Waals surface area contributed by atoms with E-state index in [1.54, 1.807) is 19.1 Å². The minimum atomic E-state index is -1.76. The fourth-order valence-electron chi connectivity index (χ4n) is 8.80. The summed E-state index contributed by atoms with van der Waals surface area (Å²) in [5.41, 5.74) is 7.03. The predicted molar refractivity (Wildman–Crippen MR) is 204 cm³/mol. The minimum absolute atomic E-state index is 0.0916. The Morgan fingerprint density at radius 2 is 1.19 bits per heavy atom. The molecule has 1 heterocycles. The van der Waals surface area contributed by atoms with Crippen LogP contribution in [0.3, 0.4) is 0 Å². The molecule has 1 fully saturated rings. The zero-order chi connectivity index (χ0) is 36.4. The van der Waals surface area contributed by atoms with Crippen LogP contribution in [0, 0.1) is 5.92 Å². The first-order valence-electron chi connectivity index (χ1n) is 18.4. The van der Waals surface area contributed by atoms with E-state index in [2.05, 4.69) is 24.3 Å². The number of carbonyl (C=O) groups is 1. The smallest absolute Gasteiger partial charge is 0.410 e. The zero-order valence-corrected chi connectivity index (χ0v) is 30.1. The number of likely N-dealkylation sites (tertiary alicyclic amines) is 1. The first-order chi connectivity index (χ1) is 26.0. The van der Waals surface area contributed by atoms with E-state index in [1.165, 1.54) is 0 Å². The summed E-state index contributed by atoms with van der Waals surface area (Å²) in [6, 6.07) is 46.1. The predicted octanol–water partition coefficient (Wildman–Crippen LogP) is 8.66. The maximum Gasteiger partial charge on any atom is 0.410 e. The Hall–Kier alpha value is -5.05. The number of aliphatic hydroxyl groups is 1. The second-order valence-corrected chi connectivity index (χ2v) is 14.2. The normalized spacial score (nSPS) is 19.9. The fourth-order valence-corrected chi connectivity index (χ4v) is 8.80. The van der Waals surface area contributed by atoms with Crippen LogP contribution in [0.4, 0.5) is 4.79 Å². The van der Waals surface area contributed by atoms with E-state index in [0.717, 1.165) is 50.9 Å². The van der Waals surface area contributed by atoms with E-state index in [9.17, 15) is 9.90 Å². The molecule has 1 amide bonds. The van der Waals surface area contributed by atoms with Gasteiger partial charge in [0, 0.05) is 26.7 Å². The molecule has 53 heavy (non-hydrogen) atoms. The molecule has 0 spiro atoms. The second-order valence-electron chi connectivity index (χ2n) is 14.2. The van der Waals surface area contributed by atoms with Crippen molar-refractivity contribution in [2.24, 2.45) is 5.92 Å². The SMILES string of the molecule is COC(OC)(OC(c1ccccc1)(c1ccccc1)c1ccccc1)C1CC2CC[C@H](O)C=C2CN1C(=O)OCC1c2ccccc2-c2ccccc21. The van der Waals surface area contributed by atoms with Crippen molar-refractivity contribution in [3.63, 3.8) is 0 Å². The van der Waals surface area contributed by atoms with Crippen LogP contribution in [-0.4, -0.2) is 61.6 Å². The van der Waals surface area contributed by atoms with Crippen LogP contribution in [0.5, 0.6) is 0 Å². The van der Waals surface area contributed by atoms with Crippen molar-refractivity contribution in [2.75, 3.05) is 27.4 Å². The number of piperidine rings is 1. The van der Waals surface area contributed by atoms with Crippen molar-refractivity contribution >= 4 is 6.09 Å². The molecule has 1 aliphatic heterocycles. The van der Waals surface area contributed by atoms with Crippen LogP contribution in [0.2, 0.25) is 0 Å². The Bertz CT molecular complexity index is 1920. The van der Waals surface area contributed by atoms with Crippen molar-refractivity contribution in [3.05, 3.63) is 179 Å². The number of hydrogen-bond acceptors (Lipinski definition) is 6. The Balaban J connectivity index is 1.21. The molecule has 0 saturated carbocycles. The maximum atomic E-state index is 14.6. The first-order valence-corrected chi connectivity index (χ1v) is 18.4. The summed E-state index contributed by atoms with van der Waals surface area (Å²) in [5, 5.41) is 10.7. The molecule has 3 aliphatic rings. The minimum Gasteiger partial charge on any atom is -0.448 e. The van der Waals surface area contributed by atoms with E-state index < -0.39 is 29.8 Å². The van der Waals surface area contributed by atoms with Crippen molar-refractivity contribution in [1.29, 1.82) is 0 Å². The highest BCUT2D eigenvalue weighted by Crippen LogP contribution is 2.49. The van der Waals surface area contributed by atoms with E-state index in [4.69, 9.17) is 18.9 Å². The number of benzene rings is 5. The van der Waals surface area contributed by atoms with Crippen LogP contribution in [-0.2, 0) is 24.5 Å². The fraction of sp³-hybridized carbons (Fsp3) is 0.283. The van der Waals surface area contributed by atoms with Crippen molar-refractivity contribution in [3.8, 4) is 11.1 Å². The Morgan fingerprint density at radius 1 is 0.698 bits per heavy atom. The third kappa shape index (κ3) is 6.28. The van der Waals surface area contributed by atoms with Gasteiger partial charge in [-0.3, -0.25) is 4.90 Å². The quantitative estimate of drug-likeness (QED) is 0.0890. The van der Waals surface area contributed by atoms with E-state index in [-0.39, 0.29) is 25.0 Å². The number of hydrogen-bond donors (Lipinski definition) is 1. The van der Waals surface area contributed by atoms with E-state index >= 15 is 0 Å². The summed E-state index contributed by atoms with van der Waals surface area (Å²) in [6.07, 6.45) is 2.74. The summed E-state index contributed by atoms with van der Waals surface area (Å²) in [5.74, 6) is -1.77. The van der Waals surface area contributed by atoms with Gasteiger partial charge >= 0.3 is 12.1 Å². The van der Waals surface area contributed by atoms with Gasteiger partial charge in [0.25, 0.3) is 0 Å². The second kappa shape index (κ2) is 14.8. The van der Waals surface area contributed by atoms with Crippen molar-refractivity contribution in [2.45, 2.75) is 48.9 Å². The maximum absolute atomic E-state index is 14.6. The molecular weight excluding hydrogens is 663 g/mol. The van der Waals surface area contributed by atoms with Crippen molar-refractivity contribution in [1.82, 2.24) is 4.90 Å². The van der Waals surface area contributed by atoms with E-state index in [1.807, 2.05) is 121 Å². The molecule has 1 N–H and O–H groups in total. The lowest BCUT2D eigenvalue weighted by Gasteiger charge is -2.51.